The molecule has 1 aromatic heterocycles. The Morgan fingerprint density at radius 1 is 1.03 bits per heavy atom. The van der Waals surface area contributed by atoms with E-state index in [1.807, 2.05) is 55.4 Å². The number of nitrogens with one attached hydrogen (secondary N) is 1. The van der Waals surface area contributed by atoms with Gasteiger partial charge in [0, 0.05) is 18.5 Å². The molecule has 0 radical (unpaired) electrons. The Morgan fingerprint density at radius 3 is 2.55 bits per heavy atom. The molecule has 1 heterocycles. The molecule has 2 aromatic carbocycles. The van der Waals surface area contributed by atoms with Gasteiger partial charge < -0.3 is 9.88 Å². The lowest BCUT2D eigenvalue weighted by atomic mass is 10.1. The van der Waals surface area contributed by atoms with E-state index in [0.29, 0.717) is 5.75 Å². The normalized spacial score (nSPS) is 10.9. The molecule has 0 aliphatic rings. The Bertz CT molecular complexity index is 983. The van der Waals surface area contributed by atoms with Crippen molar-refractivity contribution >= 4 is 35.1 Å². The number of amides is 1. The number of nitrogens with zero attached hydrogens (tertiary/aromatic N) is 3. The predicted molar refractivity (Wildman–Crippen MR) is 122 cm³/mol. The molecule has 0 spiro atoms. The summed E-state index contributed by atoms with van der Waals surface area (Å²) < 4.78 is 1.97. The molecule has 5 nitrogen and oxygen atoms in total. The van der Waals surface area contributed by atoms with E-state index >= 15 is 0 Å². The van der Waals surface area contributed by atoms with Gasteiger partial charge in [-0.25, -0.2) is 0 Å². The van der Waals surface area contributed by atoms with Gasteiger partial charge in [0.05, 0.1) is 11.5 Å². The van der Waals surface area contributed by atoms with Crippen molar-refractivity contribution in [3.63, 3.8) is 0 Å². The summed E-state index contributed by atoms with van der Waals surface area (Å²) in [6, 6.07) is 14.5. The Balaban J connectivity index is 1.49. The van der Waals surface area contributed by atoms with Gasteiger partial charge in [-0.1, -0.05) is 53.7 Å². The third-order valence-corrected chi connectivity index (χ3v) is 6.78. The van der Waals surface area contributed by atoms with E-state index in [0.717, 1.165) is 39.3 Å². The highest BCUT2D eigenvalue weighted by Gasteiger charge is 2.12. The molecule has 0 aliphatic heterocycles. The number of rotatable bonds is 8. The van der Waals surface area contributed by atoms with Crippen LogP contribution in [0.5, 0.6) is 0 Å². The largest absolute Gasteiger partial charge is 0.325 e. The summed E-state index contributed by atoms with van der Waals surface area (Å²) in [5, 5.41) is 12.3. The number of anilines is 1. The Kier molecular flexibility index (Phi) is 7.39. The number of benzene rings is 2. The smallest absolute Gasteiger partial charge is 0.234 e. The second-order valence-electron chi connectivity index (χ2n) is 7.02. The fraction of sp³-hybridized carbons (Fsp3) is 0.318. The first-order chi connectivity index (χ1) is 13.9. The first-order valence-electron chi connectivity index (χ1n) is 9.44. The molecule has 3 aromatic rings. The van der Waals surface area contributed by atoms with E-state index in [4.69, 9.17) is 0 Å². The molecule has 152 valence electrons. The molecule has 0 saturated carbocycles. The summed E-state index contributed by atoms with van der Waals surface area (Å²) in [4.78, 5) is 12.3. The van der Waals surface area contributed by atoms with Crippen molar-refractivity contribution in [1.82, 2.24) is 14.8 Å². The molecule has 1 N–H and O–H groups in total. The monoisotopic (exact) mass is 426 g/mol. The van der Waals surface area contributed by atoms with Crippen LogP contribution in [0.3, 0.4) is 0 Å². The molecule has 3 rings (SSSR count). The number of aromatic nitrogens is 3. The minimum Gasteiger partial charge on any atom is -0.325 e. The topological polar surface area (TPSA) is 59.8 Å². The van der Waals surface area contributed by atoms with Gasteiger partial charge >= 0.3 is 0 Å². The highest BCUT2D eigenvalue weighted by atomic mass is 32.2. The lowest BCUT2D eigenvalue weighted by molar-refractivity contribution is -0.113. The fourth-order valence-corrected chi connectivity index (χ4v) is 4.44. The van der Waals surface area contributed by atoms with Crippen LogP contribution in [0.4, 0.5) is 5.69 Å². The molecule has 0 saturated heterocycles. The van der Waals surface area contributed by atoms with E-state index in [-0.39, 0.29) is 5.91 Å². The van der Waals surface area contributed by atoms with Crippen molar-refractivity contribution in [1.29, 1.82) is 0 Å². The summed E-state index contributed by atoms with van der Waals surface area (Å²) in [5.74, 6) is 2.90. The fourth-order valence-electron chi connectivity index (χ4n) is 2.74. The van der Waals surface area contributed by atoms with Crippen LogP contribution >= 0.6 is 23.5 Å². The molecule has 0 unspecified atom stereocenters. The summed E-state index contributed by atoms with van der Waals surface area (Å²) >= 11 is 3.21. The summed E-state index contributed by atoms with van der Waals surface area (Å²) in [6.45, 7) is 6.15. The van der Waals surface area contributed by atoms with Crippen LogP contribution in [-0.2, 0) is 23.3 Å². The van der Waals surface area contributed by atoms with E-state index in [2.05, 4.69) is 46.7 Å². The average Bonchev–Trinajstić information content (AvgIpc) is 3.05. The zero-order valence-electron chi connectivity index (χ0n) is 17.2. The van der Waals surface area contributed by atoms with Gasteiger partial charge in [0.2, 0.25) is 5.91 Å². The molecular weight excluding hydrogens is 400 g/mol. The zero-order chi connectivity index (χ0) is 20.8. The van der Waals surface area contributed by atoms with Crippen LogP contribution < -0.4 is 5.32 Å². The van der Waals surface area contributed by atoms with Crippen LogP contribution in [0.1, 0.15) is 28.1 Å². The van der Waals surface area contributed by atoms with E-state index in [1.165, 1.54) is 22.9 Å². The quantitative estimate of drug-likeness (QED) is 0.519. The Labute approximate surface area is 180 Å². The minimum atomic E-state index is -0.0398. The number of hydrogen-bond donors (Lipinski definition) is 1. The molecule has 0 fully saturated rings. The molecule has 0 atom stereocenters. The molecule has 0 aliphatic carbocycles. The standard InChI is InChI=1S/C22H26N4OS2/c1-15-8-10-18(11-9-15)12-28-13-20-24-25-22(26(20)4)29-14-21(27)23-19-7-5-6-16(2)17(19)3/h5-11H,12-14H2,1-4H3,(H,23,27). The van der Waals surface area contributed by atoms with Gasteiger partial charge in [-0.15, -0.1) is 22.0 Å². The number of aryl methyl sites for hydroxylation is 2. The third kappa shape index (κ3) is 5.87. The van der Waals surface area contributed by atoms with Crippen molar-refractivity contribution in [2.24, 2.45) is 7.05 Å². The molecule has 1 amide bonds. The summed E-state index contributed by atoms with van der Waals surface area (Å²) in [7, 11) is 1.95. The van der Waals surface area contributed by atoms with Crippen molar-refractivity contribution in [2.75, 3.05) is 11.1 Å². The second-order valence-corrected chi connectivity index (χ2v) is 8.95. The highest BCUT2D eigenvalue weighted by molar-refractivity contribution is 7.99. The summed E-state index contributed by atoms with van der Waals surface area (Å²) in [6.07, 6.45) is 0. The highest BCUT2D eigenvalue weighted by Crippen LogP contribution is 2.22. The van der Waals surface area contributed by atoms with Gasteiger partial charge in [0.1, 0.15) is 5.82 Å². The van der Waals surface area contributed by atoms with Crippen LogP contribution in [0.2, 0.25) is 0 Å². The number of carbonyl (C=O) groups excluding carboxylic acids is 1. The lowest BCUT2D eigenvalue weighted by Crippen LogP contribution is -2.15. The van der Waals surface area contributed by atoms with E-state index in [9.17, 15) is 4.79 Å². The predicted octanol–water partition coefficient (Wildman–Crippen LogP) is 4.90. The van der Waals surface area contributed by atoms with Crippen LogP contribution in [0.25, 0.3) is 0 Å². The van der Waals surface area contributed by atoms with Crippen molar-refractivity contribution in [3.8, 4) is 0 Å². The van der Waals surface area contributed by atoms with Crippen LogP contribution in [0.15, 0.2) is 47.6 Å². The van der Waals surface area contributed by atoms with E-state index < -0.39 is 0 Å². The van der Waals surface area contributed by atoms with Crippen molar-refractivity contribution in [3.05, 3.63) is 70.5 Å². The maximum atomic E-state index is 12.3. The number of carbonyl (C=O) groups is 1. The lowest BCUT2D eigenvalue weighted by Gasteiger charge is -2.10. The minimum absolute atomic E-state index is 0.0398. The molecule has 7 heteroatoms. The number of hydrogen-bond acceptors (Lipinski definition) is 5. The second kappa shape index (κ2) is 9.98. The van der Waals surface area contributed by atoms with Gasteiger partial charge in [-0.05, 0) is 43.5 Å². The summed E-state index contributed by atoms with van der Waals surface area (Å²) in [5.41, 5.74) is 5.70. The SMILES string of the molecule is Cc1ccc(CSCc2nnc(SCC(=O)Nc3cccc(C)c3C)n2C)cc1. The van der Waals surface area contributed by atoms with Crippen molar-refractivity contribution in [2.45, 2.75) is 37.4 Å². The Hall–Kier alpha value is -2.25. The third-order valence-electron chi connectivity index (χ3n) is 4.76. The van der Waals surface area contributed by atoms with Crippen LogP contribution in [0, 0.1) is 20.8 Å². The molecular formula is C22H26N4OS2. The first-order valence-corrected chi connectivity index (χ1v) is 11.6. The first kappa shape index (κ1) is 21.5. The maximum Gasteiger partial charge on any atom is 0.234 e. The zero-order valence-corrected chi connectivity index (χ0v) is 18.9. The van der Waals surface area contributed by atoms with E-state index in [1.54, 1.807) is 0 Å². The number of thioether (sulfide) groups is 2. The van der Waals surface area contributed by atoms with Gasteiger partial charge in [-0.2, -0.15) is 0 Å². The Morgan fingerprint density at radius 2 is 1.79 bits per heavy atom. The van der Waals surface area contributed by atoms with Crippen LogP contribution in [-0.4, -0.2) is 26.4 Å². The van der Waals surface area contributed by atoms with Gasteiger partial charge in [0.25, 0.3) is 0 Å². The maximum absolute atomic E-state index is 12.3. The van der Waals surface area contributed by atoms with Gasteiger partial charge in [0.15, 0.2) is 5.16 Å². The van der Waals surface area contributed by atoms with Gasteiger partial charge in [-0.3, -0.25) is 4.79 Å². The van der Waals surface area contributed by atoms with Crippen molar-refractivity contribution < 1.29 is 4.79 Å². The molecule has 29 heavy (non-hydrogen) atoms. The molecule has 0 bridgehead atoms. The average molecular weight is 427 g/mol.